The number of rotatable bonds is 4. The van der Waals surface area contributed by atoms with Crippen molar-refractivity contribution in [2.24, 2.45) is 0 Å². The Bertz CT molecular complexity index is 462. The van der Waals surface area contributed by atoms with Crippen molar-refractivity contribution in [2.45, 2.75) is 31.0 Å². The van der Waals surface area contributed by atoms with Crippen LogP contribution in [0.3, 0.4) is 0 Å². The quantitative estimate of drug-likeness (QED) is 0.758. The topological polar surface area (TPSA) is 12.9 Å². The molecule has 0 N–H and O–H groups in total. The molecule has 1 unspecified atom stereocenters. The molecule has 16 heavy (non-hydrogen) atoms. The van der Waals surface area contributed by atoms with Gasteiger partial charge in [0.25, 0.3) is 0 Å². The van der Waals surface area contributed by atoms with Crippen LogP contribution in [0.5, 0.6) is 0 Å². The van der Waals surface area contributed by atoms with E-state index in [1.54, 1.807) is 0 Å². The van der Waals surface area contributed by atoms with Crippen LogP contribution in [0.1, 0.15) is 25.3 Å². The normalized spacial score (nSPS) is 12.9. The Morgan fingerprint density at radius 2 is 2.06 bits per heavy atom. The minimum Gasteiger partial charge on any atom is -0.256 e. The van der Waals surface area contributed by atoms with Gasteiger partial charge < -0.3 is 0 Å². The fourth-order valence-electron chi connectivity index (χ4n) is 1.99. The van der Waals surface area contributed by atoms with Crippen LogP contribution in [0.15, 0.2) is 36.5 Å². The molecule has 0 spiro atoms. The summed E-state index contributed by atoms with van der Waals surface area (Å²) in [6.45, 7) is 2.22. The summed E-state index contributed by atoms with van der Waals surface area (Å²) in [6, 6.07) is 10.5. The van der Waals surface area contributed by atoms with Gasteiger partial charge in [-0.25, -0.2) is 0 Å². The molecular formula is C14H16BrN. The van der Waals surface area contributed by atoms with Gasteiger partial charge in [-0.3, -0.25) is 4.98 Å². The molecule has 1 aromatic heterocycles. The van der Waals surface area contributed by atoms with Crippen molar-refractivity contribution in [3.05, 3.63) is 42.1 Å². The minimum atomic E-state index is 0.573. The summed E-state index contributed by atoms with van der Waals surface area (Å²) in [4.78, 5) is 4.95. The van der Waals surface area contributed by atoms with Crippen LogP contribution < -0.4 is 0 Å². The van der Waals surface area contributed by atoms with Gasteiger partial charge in [0, 0.05) is 16.4 Å². The summed E-state index contributed by atoms with van der Waals surface area (Å²) in [5.74, 6) is 0. The first-order chi connectivity index (χ1) is 7.81. The van der Waals surface area contributed by atoms with Crippen LogP contribution in [0.25, 0.3) is 10.9 Å². The molecule has 1 aromatic carbocycles. The van der Waals surface area contributed by atoms with Crippen molar-refractivity contribution >= 4 is 26.8 Å². The highest BCUT2D eigenvalue weighted by atomic mass is 79.9. The number of halogens is 1. The van der Waals surface area contributed by atoms with Crippen LogP contribution >= 0.6 is 15.9 Å². The highest BCUT2D eigenvalue weighted by Crippen LogP contribution is 2.21. The van der Waals surface area contributed by atoms with Gasteiger partial charge in [0.2, 0.25) is 0 Å². The third-order valence-electron chi connectivity index (χ3n) is 2.78. The zero-order valence-electron chi connectivity index (χ0n) is 9.49. The predicted octanol–water partition coefficient (Wildman–Crippen LogP) is 4.34. The first-order valence-corrected chi connectivity index (χ1v) is 6.69. The highest BCUT2D eigenvalue weighted by molar-refractivity contribution is 9.09. The lowest BCUT2D eigenvalue weighted by Gasteiger charge is -2.10. The SMILES string of the molecule is CCCC(Br)Cc1ccnc2ccccc12. The van der Waals surface area contributed by atoms with E-state index in [1.807, 2.05) is 12.3 Å². The molecule has 0 amide bonds. The zero-order chi connectivity index (χ0) is 11.4. The molecule has 2 aromatic rings. The fourth-order valence-corrected chi connectivity index (χ4v) is 2.79. The molecule has 0 saturated carbocycles. The second-order valence-electron chi connectivity index (χ2n) is 4.08. The van der Waals surface area contributed by atoms with Gasteiger partial charge in [-0.1, -0.05) is 47.5 Å². The van der Waals surface area contributed by atoms with E-state index in [0.29, 0.717) is 4.83 Å². The van der Waals surface area contributed by atoms with E-state index in [-0.39, 0.29) is 0 Å². The van der Waals surface area contributed by atoms with Crippen molar-refractivity contribution in [1.29, 1.82) is 0 Å². The largest absolute Gasteiger partial charge is 0.256 e. The number of benzene rings is 1. The van der Waals surface area contributed by atoms with Gasteiger partial charge >= 0.3 is 0 Å². The Morgan fingerprint density at radius 1 is 1.25 bits per heavy atom. The second-order valence-corrected chi connectivity index (χ2v) is 5.37. The van der Waals surface area contributed by atoms with E-state index < -0.39 is 0 Å². The third kappa shape index (κ3) is 2.62. The summed E-state index contributed by atoms with van der Waals surface area (Å²) in [5.41, 5.74) is 2.48. The molecule has 0 aliphatic carbocycles. The predicted molar refractivity (Wildman–Crippen MR) is 73.1 cm³/mol. The Labute approximate surface area is 105 Å². The Morgan fingerprint density at radius 3 is 2.88 bits per heavy atom. The van der Waals surface area contributed by atoms with Crippen LogP contribution in [0, 0.1) is 0 Å². The second kappa shape index (κ2) is 5.44. The van der Waals surface area contributed by atoms with Crippen LogP contribution in [0.4, 0.5) is 0 Å². The Balaban J connectivity index is 2.30. The van der Waals surface area contributed by atoms with Crippen molar-refractivity contribution < 1.29 is 0 Å². The molecule has 0 saturated heterocycles. The van der Waals surface area contributed by atoms with E-state index in [9.17, 15) is 0 Å². The summed E-state index contributed by atoms with van der Waals surface area (Å²) >= 11 is 3.74. The lowest BCUT2D eigenvalue weighted by Crippen LogP contribution is -2.02. The molecule has 0 radical (unpaired) electrons. The molecule has 0 aliphatic rings. The number of nitrogens with zero attached hydrogens (tertiary/aromatic N) is 1. The minimum absolute atomic E-state index is 0.573. The van der Waals surface area contributed by atoms with Gasteiger partial charge in [-0.15, -0.1) is 0 Å². The van der Waals surface area contributed by atoms with Gasteiger partial charge in [0.1, 0.15) is 0 Å². The van der Waals surface area contributed by atoms with Gasteiger partial charge in [0.15, 0.2) is 0 Å². The molecular weight excluding hydrogens is 262 g/mol. The maximum Gasteiger partial charge on any atom is 0.0704 e. The summed E-state index contributed by atoms with van der Waals surface area (Å²) in [5, 5.41) is 1.28. The van der Waals surface area contributed by atoms with Gasteiger partial charge in [-0.05, 0) is 30.5 Å². The maximum absolute atomic E-state index is 4.38. The molecule has 84 valence electrons. The van der Waals surface area contributed by atoms with Gasteiger partial charge in [-0.2, -0.15) is 0 Å². The van der Waals surface area contributed by atoms with Crippen LogP contribution in [0.2, 0.25) is 0 Å². The monoisotopic (exact) mass is 277 g/mol. The molecule has 0 fully saturated rings. The van der Waals surface area contributed by atoms with Crippen molar-refractivity contribution in [2.75, 3.05) is 0 Å². The number of alkyl halides is 1. The van der Waals surface area contributed by atoms with E-state index in [0.717, 1.165) is 11.9 Å². The molecule has 1 atom stereocenters. The summed E-state index contributed by atoms with van der Waals surface area (Å²) in [6.07, 6.45) is 5.43. The number of fused-ring (bicyclic) bond motifs is 1. The van der Waals surface area contributed by atoms with Gasteiger partial charge in [0.05, 0.1) is 5.52 Å². The van der Waals surface area contributed by atoms with E-state index in [1.165, 1.54) is 23.8 Å². The van der Waals surface area contributed by atoms with Crippen LogP contribution in [-0.2, 0) is 6.42 Å². The molecule has 2 heteroatoms. The molecule has 1 nitrogen and oxygen atoms in total. The maximum atomic E-state index is 4.38. The summed E-state index contributed by atoms with van der Waals surface area (Å²) < 4.78 is 0. The first kappa shape index (κ1) is 11.6. The standard InChI is InChI=1S/C14H16BrN/c1-2-5-12(15)10-11-8-9-16-14-7-4-3-6-13(11)14/h3-4,6-9,12H,2,5,10H2,1H3. The number of hydrogen-bond acceptors (Lipinski definition) is 1. The average Bonchev–Trinajstić information content (AvgIpc) is 2.30. The Hall–Kier alpha value is -0.890. The highest BCUT2D eigenvalue weighted by Gasteiger charge is 2.07. The lowest BCUT2D eigenvalue weighted by molar-refractivity contribution is 0.747. The average molecular weight is 278 g/mol. The lowest BCUT2D eigenvalue weighted by atomic mass is 10.0. The fraction of sp³-hybridized carbons (Fsp3) is 0.357. The number of pyridine rings is 1. The van der Waals surface area contributed by atoms with E-state index in [2.05, 4.69) is 52.1 Å². The summed E-state index contributed by atoms with van der Waals surface area (Å²) in [7, 11) is 0. The first-order valence-electron chi connectivity index (χ1n) is 5.78. The molecule has 0 bridgehead atoms. The molecule has 1 heterocycles. The number of para-hydroxylation sites is 1. The van der Waals surface area contributed by atoms with Crippen molar-refractivity contribution in [3.63, 3.8) is 0 Å². The van der Waals surface area contributed by atoms with Crippen molar-refractivity contribution in [1.82, 2.24) is 4.98 Å². The van der Waals surface area contributed by atoms with E-state index in [4.69, 9.17) is 0 Å². The number of aromatic nitrogens is 1. The van der Waals surface area contributed by atoms with Crippen molar-refractivity contribution in [3.8, 4) is 0 Å². The molecule has 0 aliphatic heterocycles. The third-order valence-corrected chi connectivity index (χ3v) is 3.56. The van der Waals surface area contributed by atoms with E-state index >= 15 is 0 Å². The smallest absolute Gasteiger partial charge is 0.0704 e. The molecule has 2 rings (SSSR count). The van der Waals surface area contributed by atoms with Crippen LogP contribution in [-0.4, -0.2) is 9.81 Å². The zero-order valence-corrected chi connectivity index (χ0v) is 11.1. The Kier molecular flexibility index (Phi) is 3.94. The number of hydrogen-bond donors (Lipinski definition) is 0.